The van der Waals surface area contributed by atoms with Crippen LogP contribution >= 0.6 is 0 Å². The molecule has 17 heavy (non-hydrogen) atoms. The summed E-state index contributed by atoms with van der Waals surface area (Å²) in [6.45, 7) is 2.95. The lowest BCUT2D eigenvalue weighted by Crippen LogP contribution is -2.29. The zero-order valence-electron chi connectivity index (χ0n) is 9.72. The molecule has 1 heterocycles. The van der Waals surface area contributed by atoms with Crippen LogP contribution in [0, 0.1) is 0 Å². The van der Waals surface area contributed by atoms with Crippen LogP contribution < -0.4 is 0 Å². The minimum Gasteiger partial charge on any atom is -0.507 e. The van der Waals surface area contributed by atoms with Gasteiger partial charge in [-0.15, -0.1) is 0 Å². The van der Waals surface area contributed by atoms with E-state index < -0.39 is 5.97 Å². The van der Waals surface area contributed by atoms with Crippen molar-refractivity contribution >= 4 is 5.97 Å². The maximum Gasteiger partial charge on any atom is 0.339 e. The summed E-state index contributed by atoms with van der Waals surface area (Å²) in [6, 6.07) is 4.80. The Morgan fingerprint density at radius 1 is 1.24 bits per heavy atom. The summed E-state index contributed by atoms with van der Waals surface area (Å²) in [6.07, 6.45) is 3.73. The fourth-order valence-electron chi connectivity index (χ4n) is 2.23. The van der Waals surface area contributed by atoms with Gasteiger partial charge < -0.3 is 10.2 Å². The van der Waals surface area contributed by atoms with Crippen molar-refractivity contribution < 1.29 is 15.0 Å². The van der Waals surface area contributed by atoms with Crippen molar-refractivity contribution in [1.82, 2.24) is 4.90 Å². The van der Waals surface area contributed by atoms with Crippen LogP contribution in [0.25, 0.3) is 0 Å². The molecule has 0 radical (unpaired) electrons. The van der Waals surface area contributed by atoms with E-state index in [9.17, 15) is 9.90 Å². The molecule has 4 heteroatoms. The van der Waals surface area contributed by atoms with Crippen molar-refractivity contribution in [3.8, 4) is 5.75 Å². The van der Waals surface area contributed by atoms with Crippen molar-refractivity contribution in [1.29, 1.82) is 0 Å². The number of aromatic carboxylic acids is 1. The fourth-order valence-corrected chi connectivity index (χ4v) is 2.23. The topological polar surface area (TPSA) is 60.8 Å². The molecule has 0 unspecified atom stereocenters. The van der Waals surface area contributed by atoms with E-state index in [1.165, 1.54) is 25.3 Å². The Labute approximate surface area is 100 Å². The first-order valence-electron chi connectivity index (χ1n) is 5.94. The van der Waals surface area contributed by atoms with Gasteiger partial charge >= 0.3 is 5.97 Å². The van der Waals surface area contributed by atoms with Crippen LogP contribution in [0.15, 0.2) is 18.2 Å². The fraction of sp³-hybridized carbons (Fsp3) is 0.462. The van der Waals surface area contributed by atoms with Crippen molar-refractivity contribution in [3.05, 3.63) is 29.3 Å². The van der Waals surface area contributed by atoms with E-state index in [-0.39, 0.29) is 11.3 Å². The molecule has 1 aliphatic heterocycles. The first kappa shape index (κ1) is 11.9. The number of carbonyl (C=O) groups is 1. The Bertz CT molecular complexity index is 411. The van der Waals surface area contributed by atoms with Gasteiger partial charge in [-0.2, -0.15) is 0 Å². The average Bonchev–Trinajstić information content (AvgIpc) is 2.30. The monoisotopic (exact) mass is 235 g/mol. The number of piperidine rings is 1. The molecule has 0 atom stereocenters. The summed E-state index contributed by atoms with van der Waals surface area (Å²) < 4.78 is 0. The Kier molecular flexibility index (Phi) is 3.64. The first-order valence-corrected chi connectivity index (χ1v) is 5.94. The van der Waals surface area contributed by atoms with E-state index in [0.717, 1.165) is 25.2 Å². The van der Waals surface area contributed by atoms with Crippen LogP contribution in [-0.2, 0) is 6.54 Å². The predicted octanol–water partition coefficient (Wildman–Crippen LogP) is 2.08. The van der Waals surface area contributed by atoms with Crippen molar-refractivity contribution in [2.75, 3.05) is 13.1 Å². The summed E-state index contributed by atoms with van der Waals surface area (Å²) in [7, 11) is 0. The molecule has 1 fully saturated rings. The largest absolute Gasteiger partial charge is 0.507 e. The highest BCUT2D eigenvalue weighted by atomic mass is 16.4. The minimum absolute atomic E-state index is 0.0348. The van der Waals surface area contributed by atoms with E-state index in [2.05, 4.69) is 4.90 Å². The molecule has 1 aromatic carbocycles. The van der Waals surface area contributed by atoms with Crippen molar-refractivity contribution in [2.45, 2.75) is 25.8 Å². The smallest absolute Gasteiger partial charge is 0.339 e. The van der Waals surface area contributed by atoms with E-state index in [1.54, 1.807) is 12.1 Å². The molecule has 0 aromatic heterocycles. The molecule has 1 saturated heterocycles. The maximum atomic E-state index is 10.8. The van der Waals surface area contributed by atoms with Gasteiger partial charge in [0.25, 0.3) is 0 Å². The highest BCUT2D eigenvalue weighted by Gasteiger charge is 2.13. The second kappa shape index (κ2) is 5.19. The van der Waals surface area contributed by atoms with Gasteiger partial charge in [0.1, 0.15) is 11.3 Å². The number of benzene rings is 1. The zero-order chi connectivity index (χ0) is 12.3. The summed E-state index contributed by atoms with van der Waals surface area (Å²) in [5.41, 5.74) is 0.932. The van der Waals surface area contributed by atoms with E-state index >= 15 is 0 Å². The van der Waals surface area contributed by atoms with Gasteiger partial charge in [-0.3, -0.25) is 4.90 Å². The molecule has 2 rings (SSSR count). The SMILES string of the molecule is O=C(O)c1ccc(CN2CCCCC2)cc1O. The van der Waals surface area contributed by atoms with Gasteiger partial charge in [0.15, 0.2) is 0 Å². The van der Waals surface area contributed by atoms with Gasteiger partial charge in [-0.25, -0.2) is 4.79 Å². The Morgan fingerprint density at radius 2 is 1.94 bits per heavy atom. The van der Waals surface area contributed by atoms with Gasteiger partial charge in [0, 0.05) is 6.54 Å². The van der Waals surface area contributed by atoms with E-state index in [0.29, 0.717) is 0 Å². The van der Waals surface area contributed by atoms with Crippen molar-refractivity contribution in [2.24, 2.45) is 0 Å². The van der Waals surface area contributed by atoms with Crippen LogP contribution in [0.3, 0.4) is 0 Å². The molecule has 0 saturated carbocycles. The van der Waals surface area contributed by atoms with Gasteiger partial charge in [-0.1, -0.05) is 12.5 Å². The molecule has 0 bridgehead atoms. The number of hydrogen-bond donors (Lipinski definition) is 2. The lowest BCUT2D eigenvalue weighted by molar-refractivity contribution is 0.0693. The molecular formula is C13H17NO3. The van der Waals surface area contributed by atoms with Gasteiger partial charge in [0.2, 0.25) is 0 Å². The predicted molar refractivity (Wildman–Crippen MR) is 64.2 cm³/mol. The molecule has 0 aliphatic carbocycles. The third kappa shape index (κ3) is 2.97. The molecule has 1 aliphatic rings. The number of phenols is 1. The molecule has 2 N–H and O–H groups in total. The highest BCUT2D eigenvalue weighted by molar-refractivity contribution is 5.90. The second-order valence-corrected chi connectivity index (χ2v) is 4.49. The van der Waals surface area contributed by atoms with E-state index in [4.69, 9.17) is 5.11 Å². The molecule has 4 nitrogen and oxygen atoms in total. The summed E-state index contributed by atoms with van der Waals surface area (Å²) >= 11 is 0. The number of nitrogens with zero attached hydrogens (tertiary/aromatic N) is 1. The number of carboxylic acids is 1. The first-order chi connectivity index (χ1) is 8.16. The quantitative estimate of drug-likeness (QED) is 0.842. The van der Waals surface area contributed by atoms with Crippen LogP contribution in [0.1, 0.15) is 35.2 Å². The number of aromatic hydroxyl groups is 1. The summed E-state index contributed by atoms with van der Waals surface area (Å²) in [5, 5.41) is 18.4. The average molecular weight is 235 g/mol. The Balaban J connectivity index is 2.06. The molecule has 92 valence electrons. The third-order valence-corrected chi connectivity index (χ3v) is 3.15. The Morgan fingerprint density at radius 3 is 2.53 bits per heavy atom. The second-order valence-electron chi connectivity index (χ2n) is 4.49. The molecular weight excluding hydrogens is 218 g/mol. The lowest BCUT2D eigenvalue weighted by atomic mass is 10.1. The number of rotatable bonds is 3. The standard InChI is InChI=1S/C13H17NO3/c15-12-8-10(4-5-11(12)13(16)17)9-14-6-2-1-3-7-14/h4-5,8,15H,1-3,6-7,9H2,(H,16,17). The minimum atomic E-state index is -1.09. The van der Waals surface area contributed by atoms with Crippen LogP contribution in [0.4, 0.5) is 0 Å². The number of hydrogen-bond acceptors (Lipinski definition) is 3. The summed E-state index contributed by atoms with van der Waals surface area (Å²) in [4.78, 5) is 13.1. The number of carboxylic acid groups (broad SMARTS) is 1. The van der Waals surface area contributed by atoms with Gasteiger partial charge in [-0.05, 0) is 43.6 Å². The normalized spacial score (nSPS) is 16.9. The lowest BCUT2D eigenvalue weighted by Gasteiger charge is -2.26. The number of likely N-dealkylation sites (tertiary alicyclic amines) is 1. The molecule has 0 spiro atoms. The Hall–Kier alpha value is -1.55. The van der Waals surface area contributed by atoms with Gasteiger partial charge in [0.05, 0.1) is 0 Å². The van der Waals surface area contributed by atoms with E-state index in [1.807, 2.05) is 0 Å². The zero-order valence-corrected chi connectivity index (χ0v) is 9.72. The van der Waals surface area contributed by atoms with Crippen LogP contribution in [-0.4, -0.2) is 34.2 Å². The van der Waals surface area contributed by atoms with Crippen molar-refractivity contribution in [3.63, 3.8) is 0 Å². The third-order valence-electron chi connectivity index (χ3n) is 3.15. The van der Waals surface area contributed by atoms with Crippen LogP contribution in [0.5, 0.6) is 5.75 Å². The molecule has 0 amide bonds. The molecule has 1 aromatic rings. The summed E-state index contributed by atoms with van der Waals surface area (Å²) in [5.74, 6) is -1.24. The maximum absolute atomic E-state index is 10.8. The highest BCUT2D eigenvalue weighted by Crippen LogP contribution is 2.21. The van der Waals surface area contributed by atoms with Crippen LogP contribution in [0.2, 0.25) is 0 Å².